The first-order valence-corrected chi connectivity index (χ1v) is 9.89. The van der Waals surface area contributed by atoms with Crippen molar-refractivity contribution in [2.45, 2.75) is 26.8 Å². The summed E-state index contributed by atoms with van der Waals surface area (Å²) in [5.41, 5.74) is 1.94. The first-order chi connectivity index (χ1) is 14.8. The van der Waals surface area contributed by atoms with Crippen molar-refractivity contribution < 1.29 is 23.5 Å². The van der Waals surface area contributed by atoms with Gasteiger partial charge in [-0.2, -0.15) is 0 Å². The summed E-state index contributed by atoms with van der Waals surface area (Å²) in [6.07, 6.45) is 0. The van der Waals surface area contributed by atoms with Crippen LogP contribution in [0.15, 0.2) is 54.6 Å². The molecule has 2 aromatic carbocycles. The van der Waals surface area contributed by atoms with E-state index in [1.165, 1.54) is 24.3 Å². The van der Waals surface area contributed by atoms with Crippen LogP contribution in [0.2, 0.25) is 0 Å². The fourth-order valence-corrected chi connectivity index (χ4v) is 3.36. The molecule has 0 spiro atoms. The number of halogens is 1. The van der Waals surface area contributed by atoms with Crippen molar-refractivity contribution in [3.8, 4) is 11.1 Å². The minimum absolute atomic E-state index is 0.0510. The van der Waals surface area contributed by atoms with Crippen molar-refractivity contribution in [3.63, 3.8) is 0 Å². The molecule has 0 fully saturated rings. The smallest absolute Gasteiger partial charge is 0.340 e. The molecule has 0 radical (unpaired) electrons. The van der Waals surface area contributed by atoms with Crippen molar-refractivity contribution >= 4 is 17.7 Å². The Morgan fingerprint density at radius 2 is 1.71 bits per heavy atom. The molecule has 0 saturated carbocycles. The minimum Gasteiger partial charge on any atom is -0.462 e. The van der Waals surface area contributed by atoms with E-state index in [0.29, 0.717) is 11.3 Å². The third-order valence-corrected chi connectivity index (χ3v) is 4.88. The Bertz CT molecular complexity index is 1100. The standard InChI is InChI=1S/C24H23FN2O4/c1-4-31-24(30)19-15(3)26-21(20(19)17-10-12-18(25)13-11-17)22(28)23(29)27-14(2)16-8-6-5-7-9-16/h5-14,26H,4H2,1-3H3,(H,27,29)/t14-/m0/s1. The molecule has 0 saturated heterocycles. The molecular weight excluding hydrogens is 399 g/mol. The Morgan fingerprint density at radius 3 is 2.32 bits per heavy atom. The van der Waals surface area contributed by atoms with Gasteiger partial charge < -0.3 is 15.0 Å². The van der Waals surface area contributed by atoms with Gasteiger partial charge in [-0.15, -0.1) is 0 Å². The molecule has 31 heavy (non-hydrogen) atoms. The van der Waals surface area contributed by atoms with Crippen molar-refractivity contribution in [2.75, 3.05) is 6.61 Å². The zero-order chi connectivity index (χ0) is 22.5. The molecule has 1 heterocycles. The Labute approximate surface area is 179 Å². The van der Waals surface area contributed by atoms with Crippen molar-refractivity contribution in [1.29, 1.82) is 0 Å². The van der Waals surface area contributed by atoms with Crippen LogP contribution in [0, 0.1) is 12.7 Å². The molecule has 6 nitrogen and oxygen atoms in total. The number of hydrogen-bond donors (Lipinski definition) is 2. The van der Waals surface area contributed by atoms with Gasteiger partial charge in [0.25, 0.3) is 11.7 Å². The average Bonchev–Trinajstić information content (AvgIpc) is 3.11. The van der Waals surface area contributed by atoms with Crippen molar-refractivity contribution in [2.24, 2.45) is 0 Å². The third-order valence-electron chi connectivity index (χ3n) is 4.88. The molecule has 2 N–H and O–H groups in total. The van der Waals surface area contributed by atoms with Gasteiger partial charge in [0.15, 0.2) is 0 Å². The lowest BCUT2D eigenvalue weighted by Gasteiger charge is -2.14. The number of amides is 1. The fraction of sp³-hybridized carbons (Fsp3) is 0.208. The highest BCUT2D eigenvalue weighted by atomic mass is 19.1. The number of nitrogens with one attached hydrogen (secondary N) is 2. The molecule has 0 unspecified atom stereocenters. The number of aryl methyl sites for hydroxylation is 1. The molecule has 0 aliphatic carbocycles. The molecule has 3 aromatic rings. The summed E-state index contributed by atoms with van der Waals surface area (Å²) in [5, 5.41) is 2.68. The first kappa shape index (κ1) is 22.0. The van der Waals surface area contributed by atoms with Gasteiger partial charge in [-0.05, 0) is 44.0 Å². The molecule has 0 aliphatic rings. The molecule has 0 bridgehead atoms. The van der Waals surface area contributed by atoms with E-state index in [1.807, 2.05) is 30.3 Å². The van der Waals surface area contributed by atoms with Crippen LogP contribution in [0.25, 0.3) is 11.1 Å². The maximum Gasteiger partial charge on any atom is 0.340 e. The number of benzene rings is 2. The number of carbonyl (C=O) groups excluding carboxylic acids is 3. The summed E-state index contributed by atoms with van der Waals surface area (Å²) in [6.45, 7) is 5.19. The highest BCUT2D eigenvalue weighted by Gasteiger charge is 2.30. The van der Waals surface area contributed by atoms with Crippen molar-refractivity contribution in [3.05, 3.63) is 82.9 Å². The van der Waals surface area contributed by atoms with Crippen LogP contribution in [0.3, 0.4) is 0 Å². The van der Waals surface area contributed by atoms with Crippen molar-refractivity contribution in [1.82, 2.24) is 10.3 Å². The number of Topliss-reactive ketones (excluding diaryl/α,β-unsaturated/α-hetero) is 1. The average molecular weight is 422 g/mol. The van der Waals surface area contributed by atoms with E-state index in [-0.39, 0.29) is 23.4 Å². The largest absolute Gasteiger partial charge is 0.462 e. The number of carbonyl (C=O) groups is 3. The number of rotatable bonds is 7. The number of hydrogen-bond acceptors (Lipinski definition) is 4. The second-order valence-corrected chi connectivity index (χ2v) is 7.04. The van der Waals surface area contributed by atoms with Gasteiger partial charge in [-0.25, -0.2) is 9.18 Å². The number of ether oxygens (including phenoxy) is 1. The second kappa shape index (κ2) is 9.38. The van der Waals surface area contributed by atoms with E-state index in [1.54, 1.807) is 20.8 Å². The Kier molecular flexibility index (Phi) is 6.65. The van der Waals surface area contributed by atoms with Gasteiger partial charge in [0.2, 0.25) is 0 Å². The highest BCUT2D eigenvalue weighted by molar-refractivity contribution is 6.44. The van der Waals surface area contributed by atoms with Crippen LogP contribution in [-0.2, 0) is 9.53 Å². The first-order valence-electron chi connectivity index (χ1n) is 9.89. The number of ketones is 1. The van der Waals surface area contributed by atoms with Crippen LogP contribution < -0.4 is 5.32 Å². The van der Waals surface area contributed by atoms with Crippen LogP contribution in [0.4, 0.5) is 4.39 Å². The van der Waals surface area contributed by atoms with Gasteiger partial charge in [0.1, 0.15) is 11.5 Å². The summed E-state index contributed by atoms with van der Waals surface area (Å²) in [4.78, 5) is 41.2. The highest BCUT2D eigenvalue weighted by Crippen LogP contribution is 2.32. The molecular formula is C24H23FN2O4. The summed E-state index contributed by atoms with van der Waals surface area (Å²) in [7, 11) is 0. The lowest BCUT2D eigenvalue weighted by molar-refractivity contribution is -0.117. The number of aromatic amines is 1. The SMILES string of the molecule is CCOC(=O)c1c(C)[nH]c(C(=O)C(=O)N[C@@H](C)c2ccccc2)c1-c1ccc(F)cc1. The third kappa shape index (κ3) is 4.71. The Hall–Kier alpha value is -3.74. The van der Waals surface area contributed by atoms with Gasteiger partial charge in [-0.3, -0.25) is 9.59 Å². The van der Waals surface area contributed by atoms with Gasteiger partial charge in [0, 0.05) is 11.3 Å². The molecule has 1 amide bonds. The second-order valence-electron chi connectivity index (χ2n) is 7.04. The Morgan fingerprint density at radius 1 is 1.06 bits per heavy atom. The topological polar surface area (TPSA) is 88.3 Å². The van der Waals surface area contributed by atoms with Crippen LogP contribution in [0.5, 0.6) is 0 Å². The molecule has 3 rings (SSSR count). The zero-order valence-corrected chi connectivity index (χ0v) is 17.5. The van der Waals surface area contributed by atoms with E-state index < -0.39 is 29.5 Å². The monoisotopic (exact) mass is 422 g/mol. The van der Waals surface area contributed by atoms with E-state index in [4.69, 9.17) is 4.74 Å². The maximum atomic E-state index is 13.4. The summed E-state index contributed by atoms with van der Waals surface area (Å²) in [6, 6.07) is 14.2. The number of H-pyrrole nitrogens is 1. The zero-order valence-electron chi connectivity index (χ0n) is 17.5. The Balaban J connectivity index is 2.00. The summed E-state index contributed by atoms with van der Waals surface area (Å²) >= 11 is 0. The molecule has 160 valence electrons. The van der Waals surface area contributed by atoms with E-state index in [9.17, 15) is 18.8 Å². The molecule has 1 aromatic heterocycles. The van der Waals surface area contributed by atoms with E-state index in [2.05, 4.69) is 10.3 Å². The van der Waals surface area contributed by atoms with Gasteiger partial charge >= 0.3 is 5.97 Å². The summed E-state index contributed by atoms with van der Waals surface area (Å²) in [5.74, 6) is -2.75. The van der Waals surface area contributed by atoms with Crippen LogP contribution >= 0.6 is 0 Å². The van der Waals surface area contributed by atoms with E-state index in [0.717, 1.165) is 5.56 Å². The maximum absolute atomic E-state index is 13.4. The number of esters is 1. The number of aromatic nitrogens is 1. The minimum atomic E-state index is -0.833. The normalized spacial score (nSPS) is 11.6. The quantitative estimate of drug-likeness (QED) is 0.336. The molecule has 1 atom stereocenters. The lowest BCUT2D eigenvalue weighted by Crippen LogP contribution is -2.33. The summed E-state index contributed by atoms with van der Waals surface area (Å²) < 4.78 is 18.6. The van der Waals surface area contributed by atoms with Crippen LogP contribution in [-0.4, -0.2) is 29.3 Å². The van der Waals surface area contributed by atoms with E-state index >= 15 is 0 Å². The predicted molar refractivity (Wildman–Crippen MR) is 114 cm³/mol. The van der Waals surface area contributed by atoms with Gasteiger partial charge in [0.05, 0.1) is 18.2 Å². The van der Waals surface area contributed by atoms with Crippen LogP contribution in [0.1, 0.15) is 52.0 Å². The van der Waals surface area contributed by atoms with Gasteiger partial charge in [-0.1, -0.05) is 42.5 Å². The lowest BCUT2D eigenvalue weighted by atomic mass is 9.98. The molecule has 7 heteroatoms. The fourth-order valence-electron chi connectivity index (χ4n) is 3.36. The molecule has 0 aliphatic heterocycles. The predicted octanol–water partition coefficient (Wildman–Crippen LogP) is 4.37.